The van der Waals surface area contributed by atoms with Crippen LogP contribution in [0.25, 0.3) is 11.0 Å². The van der Waals surface area contributed by atoms with Gasteiger partial charge >= 0.3 is 5.97 Å². The minimum atomic E-state index is -0.909. The van der Waals surface area contributed by atoms with Crippen LogP contribution in [0.3, 0.4) is 0 Å². The zero-order valence-electron chi connectivity index (χ0n) is 8.15. The molecule has 0 spiro atoms. The SMILES string of the molecule is COc1cccc2[nH]c(CC(=O)O)nc12. The van der Waals surface area contributed by atoms with E-state index in [1.54, 1.807) is 13.2 Å². The van der Waals surface area contributed by atoms with Crippen LogP contribution >= 0.6 is 0 Å². The first-order valence-electron chi connectivity index (χ1n) is 4.44. The smallest absolute Gasteiger partial charge is 0.311 e. The molecule has 2 N–H and O–H groups in total. The van der Waals surface area contributed by atoms with Gasteiger partial charge < -0.3 is 14.8 Å². The molecule has 2 rings (SSSR count). The third kappa shape index (κ3) is 1.76. The zero-order valence-corrected chi connectivity index (χ0v) is 8.15. The number of carbonyl (C=O) groups is 1. The average Bonchev–Trinajstić information content (AvgIpc) is 2.58. The van der Waals surface area contributed by atoms with Crippen molar-refractivity contribution in [2.24, 2.45) is 0 Å². The number of carboxylic acids is 1. The van der Waals surface area contributed by atoms with Crippen LogP contribution < -0.4 is 4.74 Å². The highest BCUT2D eigenvalue weighted by atomic mass is 16.5. The molecular formula is C10H10N2O3. The highest BCUT2D eigenvalue weighted by molar-refractivity contribution is 5.82. The fourth-order valence-electron chi connectivity index (χ4n) is 1.45. The van der Waals surface area contributed by atoms with Crippen LogP contribution in [-0.2, 0) is 11.2 Å². The van der Waals surface area contributed by atoms with E-state index in [2.05, 4.69) is 9.97 Å². The standard InChI is InChI=1S/C10H10N2O3/c1-15-7-4-2-3-6-10(7)12-8(11-6)5-9(13)14/h2-4H,5H2,1H3,(H,11,12)(H,13,14). The van der Waals surface area contributed by atoms with Crippen LogP contribution in [0.2, 0.25) is 0 Å². The second kappa shape index (κ2) is 3.61. The lowest BCUT2D eigenvalue weighted by molar-refractivity contribution is -0.136. The van der Waals surface area contributed by atoms with Gasteiger partial charge in [-0.3, -0.25) is 4.79 Å². The monoisotopic (exact) mass is 206 g/mol. The van der Waals surface area contributed by atoms with E-state index in [1.807, 2.05) is 12.1 Å². The Labute approximate surface area is 85.7 Å². The number of imidazole rings is 1. The van der Waals surface area contributed by atoms with Crippen LogP contribution in [0.1, 0.15) is 5.82 Å². The van der Waals surface area contributed by atoms with Gasteiger partial charge in [-0.15, -0.1) is 0 Å². The van der Waals surface area contributed by atoms with E-state index in [-0.39, 0.29) is 6.42 Å². The summed E-state index contributed by atoms with van der Waals surface area (Å²) in [5.41, 5.74) is 1.45. The Kier molecular flexibility index (Phi) is 2.29. The topological polar surface area (TPSA) is 75.2 Å². The summed E-state index contributed by atoms with van der Waals surface area (Å²) >= 11 is 0. The zero-order chi connectivity index (χ0) is 10.8. The Bertz CT molecular complexity index is 504. The fourth-order valence-corrected chi connectivity index (χ4v) is 1.45. The van der Waals surface area contributed by atoms with Gasteiger partial charge in [-0.05, 0) is 12.1 Å². The second-order valence-electron chi connectivity index (χ2n) is 3.11. The minimum absolute atomic E-state index is 0.113. The third-order valence-corrected chi connectivity index (χ3v) is 2.06. The third-order valence-electron chi connectivity index (χ3n) is 2.06. The van der Waals surface area contributed by atoms with E-state index in [0.717, 1.165) is 5.52 Å². The largest absolute Gasteiger partial charge is 0.494 e. The number of nitrogens with zero attached hydrogens (tertiary/aromatic N) is 1. The van der Waals surface area contributed by atoms with E-state index in [9.17, 15) is 4.79 Å². The molecule has 0 bridgehead atoms. The first-order valence-corrected chi connectivity index (χ1v) is 4.44. The summed E-state index contributed by atoms with van der Waals surface area (Å²) in [5, 5.41) is 8.63. The van der Waals surface area contributed by atoms with E-state index >= 15 is 0 Å². The molecule has 15 heavy (non-hydrogen) atoms. The maximum atomic E-state index is 10.5. The number of ether oxygens (including phenoxy) is 1. The molecule has 1 heterocycles. The summed E-state index contributed by atoms with van der Waals surface area (Å²) in [4.78, 5) is 17.6. The number of aromatic nitrogens is 2. The van der Waals surface area contributed by atoms with E-state index in [0.29, 0.717) is 17.1 Å². The van der Waals surface area contributed by atoms with Gasteiger partial charge in [0.2, 0.25) is 0 Å². The summed E-state index contributed by atoms with van der Waals surface area (Å²) in [6.07, 6.45) is -0.113. The van der Waals surface area contributed by atoms with Gasteiger partial charge in [-0.25, -0.2) is 4.98 Å². The summed E-state index contributed by atoms with van der Waals surface area (Å²) in [6, 6.07) is 5.44. The van der Waals surface area contributed by atoms with Crippen molar-refractivity contribution in [3.05, 3.63) is 24.0 Å². The molecule has 0 atom stereocenters. The van der Waals surface area contributed by atoms with Gasteiger partial charge in [-0.2, -0.15) is 0 Å². The molecule has 2 aromatic rings. The molecule has 0 saturated carbocycles. The van der Waals surface area contributed by atoms with Crippen molar-refractivity contribution < 1.29 is 14.6 Å². The Morgan fingerprint density at radius 1 is 1.60 bits per heavy atom. The molecule has 78 valence electrons. The van der Waals surface area contributed by atoms with Crippen LogP contribution in [0.15, 0.2) is 18.2 Å². The Balaban J connectivity index is 2.50. The number of fused-ring (bicyclic) bond motifs is 1. The van der Waals surface area contributed by atoms with Crippen LogP contribution in [-0.4, -0.2) is 28.2 Å². The lowest BCUT2D eigenvalue weighted by Crippen LogP contribution is -2.01. The number of benzene rings is 1. The number of rotatable bonds is 3. The van der Waals surface area contributed by atoms with Crippen molar-refractivity contribution in [1.82, 2.24) is 9.97 Å². The highest BCUT2D eigenvalue weighted by Gasteiger charge is 2.09. The number of carboxylic acid groups (broad SMARTS) is 1. The number of aliphatic carboxylic acids is 1. The molecule has 1 aromatic heterocycles. The Morgan fingerprint density at radius 3 is 3.07 bits per heavy atom. The van der Waals surface area contributed by atoms with Crippen LogP contribution in [0.4, 0.5) is 0 Å². The van der Waals surface area contributed by atoms with Crippen molar-refractivity contribution in [3.63, 3.8) is 0 Å². The van der Waals surface area contributed by atoms with E-state index in [4.69, 9.17) is 9.84 Å². The van der Waals surface area contributed by atoms with E-state index in [1.165, 1.54) is 0 Å². The number of nitrogens with one attached hydrogen (secondary N) is 1. The maximum absolute atomic E-state index is 10.5. The molecule has 0 amide bonds. The Hall–Kier alpha value is -2.04. The Morgan fingerprint density at radius 2 is 2.40 bits per heavy atom. The number of aromatic amines is 1. The predicted octanol–water partition coefficient (Wildman–Crippen LogP) is 1.20. The van der Waals surface area contributed by atoms with Gasteiger partial charge in [0.15, 0.2) is 0 Å². The molecule has 5 heteroatoms. The first-order chi connectivity index (χ1) is 7.20. The fraction of sp³-hybridized carbons (Fsp3) is 0.200. The molecule has 1 aromatic carbocycles. The number of H-pyrrole nitrogens is 1. The first kappa shape index (κ1) is 9.51. The number of para-hydroxylation sites is 1. The highest BCUT2D eigenvalue weighted by Crippen LogP contribution is 2.22. The summed E-state index contributed by atoms with van der Waals surface area (Å²) in [7, 11) is 1.56. The summed E-state index contributed by atoms with van der Waals surface area (Å²) in [5.74, 6) is 0.162. The molecule has 0 radical (unpaired) electrons. The lowest BCUT2D eigenvalue weighted by atomic mass is 10.3. The number of hydrogen-bond acceptors (Lipinski definition) is 3. The summed E-state index contributed by atoms with van der Waals surface area (Å²) < 4.78 is 5.12. The molecule has 0 unspecified atom stereocenters. The van der Waals surface area contributed by atoms with Gasteiger partial charge in [0.05, 0.1) is 12.6 Å². The molecule has 5 nitrogen and oxygen atoms in total. The molecule has 0 saturated heterocycles. The van der Waals surface area contributed by atoms with Crippen molar-refractivity contribution in [3.8, 4) is 5.75 Å². The molecule has 0 aliphatic carbocycles. The van der Waals surface area contributed by atoms with Gasteiger partial charge in [0, 0.05) is 0 Å². The van der Waals surface area contributed by atoms with Crippen molar-refractivity contribution in [2.45, 2.75) is 6.42 Å². The number of hydrogen-bond donors (Lipinski definition) is 2. The molecule has 0 fully saturated rings. The van der Waals surface area contributed by atoms with Crippen molar-refractivity contribution in [2.75, 3.05) is 7.11 Å². The quantitative estimate of drug-likeness (QED) is 0.791. The van der Waals surface area contributed by atoms with Crippen LogP contribution in [0.5, 0.6) is 5.75 Å². The molecule has 0 aliphatic heterocycles. The second-order valence-corrected chi connectivity index (χ2v) is 3.11. The van der Waals surface area contributed by atoms with Crippen molar-refractivity contribution >= 4 is 17.0 Å². The minimum Gasteiger partial charge on any atom is -0.494 e. The summed E-state index contributed by atoms with van der Waals surface area (Å²) in [6.45, 7) is 0. The molecular weight excluding hydrogens is 196 g/mol. The normalized spacial score (nSPS) is 10.5. The van der Waals surface area contributed by atoms with Crippen molar-refractivity contribution in [1.29, 1.82) is 0 Å². The van der Waals surface area contributed by atoms with Gasteiger partial charge in [0.1, 0.15) is 23.5 Å². The van der Waals surface area contributed by atoms with Gasteiger partial charge in [-0.1, -0.05) is 6.07 Å². The molecule has 0 aliphatic rings. The maximum Gasteiger partial charge on any atom is 0.311 e. The predicted molar refractivity (Wildman–Crippen MR) is 54.0 cm³/mol. The van der Waals surface area contributed by atoms with Gasteiger partial charge in [0.25, 0.3) is 0 Å². The number of methoxy groups -OCH3 is 1. The average molecular weight is 206 g/mol. The van der Waals surface area contributed by atoms with E-state index < -0.39 is 5.97 Å². The lowest BCUT2D eigenvalue weighted by Gasteiger charge is -1.97. The van der Waals surface area contributed by atoms with Crippen LogP contribution in [0, 0.1) is 0 Å².